The van der Waals surface area contributed by atoms with Gasteiger partial charge in [0.15, 0.2) is 0 Å². The summed E-state index contributed by atoms with van der Waals surface area (Å²) < 4.78 is 0. The summed E-state index contributed by atoms with van der Waals surface area (Å²) in [4.78, 5) is 11.0. The van der Waals surface area contributed by atoms with Gasteiger partial charge >= 0.3 is 0 Å². The number of nitro benzene ring substituents is 1. The minimum Gasteiger partial charge on any atom is -0.258 e. The molecule has 0 N–H and O–H groups in total. The van der Waals surface area contributed by atoms with Crippen molar-refractivity contribution in [1.29, 1.82) is 0 Å². The fraction of sp³-hybridized carbons (Fsp3) is 0.200. The van der Waals surface area contributed by atoms with Crippen LogP contribution in [0.15, 0.2) is 66.7 Å². The predicted octanol–water partition coefficient (Wildman–Crippen LogP) is 6.69. The minimum atomic E-state index is -0.319. The second kappa shape index (κ2) is 6.45. The molecule has 1 atom stereocenters. The van der Waals surface area contributed by atoms with Crippen LogP contribution in [0.2, 0.25) is 0 Å². The van der Waals surface area contributed by atoms with Gasteiger partial charge < -0.3 is 0 Å². The molecule has 0 amide bonds. The van der Waals surface area contributed by atoms with Gasteiger partial charge in [-0.1, -0.05) is 49.4 Å². The molecule has 138 valence electrons. The summed E-state index contributed by atoms with van der Waals surface area (Å²) in [5, 5.41) is 15.8. The zero-order valence-corrected chi connectivity index (χ0v) is 15.8. The average Bonchev–Trinajstić information content (AvgIpc) is 2.72. The molecular weight excluding hydrogens is 346 g/mol. The summed E-state index contributed by atoms with van der Waals surface area (Å²) in [6.07, 6.45) is 3.42. The average molecular weight is 367 g/mol. The molecule has 0 heterocycles. The highest BCUT2D eigenvalue weighted by Gasteiger charge is 2.21. The van der Waals surface area contributed by atoms with Gasteiger partial charge in [-0.05, 0) is 81.1 Å². The second-order valence-electron chi connectivity index (χ2n) is 7.93. The first-order valence-electron chi connectivity index (χ1n) is 9.83. The van der Waals surface area contributed by atoms with E-state index in [1.165, 1.54) is 33.9 Å². The predicted molar refractivity (Wildman–Crippen MR) is 115 cm³/mol. The molecule has 28 heavy (non-hydrogen) atoms. The van der Waals surface area contributed by atoms with Crippen molar-refractivity contribution in [2.24, 2.45) is 5.92 Å². The third-order valence-corrected chi connectivity index (χ3v) is 6.06. The number of nitro groups is 1. The third kappa shape index (κ3) is 2.66. The molecule has 3 nitrogen and oxygen atoms in total. The highest BCUT2D eigenvalue weighted by atomic mass is 16.6. The summed E-state index contributed by atoms with van der Waals surface area (Å²) in [6, 6.07) is 22.2. The molecule has 4 aromatic rings. The van der Waals surface area contributed by atoms with Crippen molar-refractivity contribution in [2.75, 3.05) is 0 Å². The van der Waals surface area contributed by atoms with E-state index < -0.39 is 0 Å². The number of hydrogen-bond acceptors (Lipinski definition) is 2. The van der Waals surface area contributed by atoms with Crippen molar-refractivity contribution in [2.45, 2.75) is 26.2 Å². The first-order valence-corrected chi connectivity index (χ1v) is 9.83. The van der Waals surface area contributed by atoms with Gasteiger partial charge in [0, 0.05) is 12.1 Å². The van der Waals surface area contributed by atoms with Gasteiger partial charge in [-0.2, -0.15) is 0 Å². The molecule has 0 aliphatic heterocycles. The quantitative estimate of drug-likeness (QED) is 0.225. The summed E-state index contributed by atoms with van der Waals surface area (Å²) in [5.74, 6) is 0.716. The van der Waals surface area contributed by atoms with Crippen LogP contribution < -0.4 is 0 Å². The molecule has 4 aromatic carbocycles. The number of fused-ring (bicyclic) bond motifs is 5. The lowest BCUT2D eigenvalue weighted by Gasteiger charge is -2.25. The second-order valence-corrected chi connectivity index (χ2v) is 7.93. The van der Waals surface area contributed by atoms with Gasteiger partial charge in [-0.15, -0.1) is 0 Å². The molecule has 1 unspecified atom stereocenters. The minimum absolute atomic E-state index is 0.137. The number of aryl methyl sites for hydroxylation is 1. The topological polar surface area (TPSA) is 43.1 Å². The highest BCUT2D eigenvalue weighted by Crippen LogP contribution is 2.41. The fourth-order valence-electron chi connectivity index (χ4n) is 4.67. The molecule has 0 radical (unpaired) electrons. The molecule has 0 spiro atoms. The third-order valence-electron chi connectivity index (χ3n) is 6.06. The summed E-state index contributed by atoms with van der Waals surface area (Å²) in [6.45, 7) is 2.32. The molecular formula is C25H21NO2. The Hall–Kier alpha value is -3.20. The van der Waals surface area contributed by atoms with Crippen LogP contribution in [0.4, 0.5) is 5.69 Å². The van der Waals surface area contributed by atoms with Crippen LogP contribution in [0, 0.1) is 16.0 Å². The lowest BCUT2D eigenvalue weighted by Crippen LogP contribution is -2.12. The van der Waals surface area contributed by atoms with Crippen molar-refractivity contribution in [3.8, 4) is 11.1 Å². The number of non-ortho nitro benzene ring substituents is 1. The Bertz CT molecular complexity index is 1230. The maximum atomic E-state index is 11.3. The van der Waals surface area contributed by atoms with Crippen LogP contribution in [0.5, 0.6) is 0 Å². The molecule has 0 fully saturated rings. The van der Waals surface area contributed by atoms with Gasteiger partial charge in [0.2, 0.25) is 0 Å². The number of hydrogen-bond donors (Lipinski definition) is 0. The molecule has 1 aliphatic rings. The SMILES string of the molecule is CC1CCc2c(ccc3c2c(-c2ccccc2)cc2cc([N+](=O)[O-])ccc23)C1. The lowest BCUT2D eigenvalue weighted by atomic mass is 9.80. The van der Waals surface area contributed by atoms with E-state index in [9.17, 15) is 10.1 Å². The largest absolute Gasteiger partial charge is 0.270 e. The fourth-order valence-corrected chi connectivity index (χ4v) is 4.67. The normalized spacial score (nSPS) is 16.2. The maximum absolute atomic E-state index is 11.3. The van der Waals surface area contributed by atoms with Crippen LogP contribution >= 0.6 is 0 Å². The van der Waals surface area contributed by atoms with Gasteiger partial charge in [0.05, 0.1) is 4.92 Å². The Balaban J connectivity index is 1.91. The number of benzene rings is 4. The van der Waals surface area contributed by atoms with Crippen LogP contribution in [0.3, 0.4) is 0 Å². The van der Waals surface area contributed by atoms with E-state index in [1.54, 1.807) is 12.1 Å². The Morgan fingerprint density at radius 1 is 0.964 bits per heavy atom. The van der Waals surface area contributed by atoms with Crippen LogP contribution in [0.1, 0.15) is 24.5 Å². The number of nitrogens with zero attached hydrogens (tertiary/aromatic N) is 1. The Kier molecular flexibility index (Phi) is 3.90. The van der Waals surface area contributed by atoms with Gasteiger partial charge in [-0.25, -0.2) is 0 Å². The van der Waals surface area contributed by atoms with E-state index in [-0.39, 0.29) is 10.6 Å². The van der Waals surface area contributed by atoms with Crippen LogP contribution in [0.25, 0.3) is 32.7 Å². The molecule has 5 rings (SSSR count). The van der Waals surface area contributed by atoms with Crippen molar-refractivity contribution >= 4 is 27.2 Å². The van der Waals surface area contributed by atoms with Crippen LogP contribution in [-0.2, 0) is 12.8 Å². The van der Waals surface area contributed by atoms with E-state index in [4.69, 9.17) is 0 Å². The molecule has 1 aliphatic carbocycles. The van der Waals surface area contributed by atoms with Gasteiger partial charge in [0.1, 0.15) is 0 Å². The first-order chi connectivity index (χ1) is 13.6. The van der Waals surface area contributed by atoms with E-state index in [0.717, 1.165) is 29.2 Å². The summed E-state index contributed by atoms with van der Waals surface area (Å²) in [5.41, 5.74) is 5.37. The molecule has 0 aromatic heterocycles. The van der Waals surface area contributed by atoms with Crippen molar-refractivity contribution < 1.29 is 4.92 Å². The molecule has 0 saturated carbocycles. The zero-order chi connectivity index (χ0) is 19.3. The van der Waals surface area contributed by atoms with Gasteiger partial charge in [0.25, 0.3) is 5.69 Å². The summed E-state index contributed by atoms with van der Waals surface area (Å²) >= 11 is 0. The zero-order valence-electron chi connectivity index (χ0n) is 15.8. The summed E-state index contributed by atoms with van der Waals surface area (Å²) in [7, 11) is 0. The standard InChI is InChI=1S/C25H21NO2/c1-16-7-10-22-18(13-16)8-11-23-21-12-9-20(26(27)28)14-19(21)15-24(25(22)23)17-5-3-2-4-6-17/h2-6,8-9,11-12,14-16H,7,10,13H2,1H3. The van der Waals surface area contributed by atoms with Crippen molar-refractivity contribution in [3.05, 3.63) is 88.0 Å². The molecule has 0 bridgehead atoms. The lowest BCUT2D eigenvalue weighted by molar-refractivity contribution is -0.384. The van der Waals surface area contributed by atoms with E-state index in [1.807, 2.05) is 12.1 Å². The smallest absolute Gasteiger partial charge is 0.258 e. The van der Waals surface area contributed by atoms with E-state index in [2.05, 4.69) is 49.4 Å². The monoisotopic (exact) mass is 367 g/mol. The van der Waals surface area contributed by atoms with Crippen molar-refractivity contribution in [1.82, 2.24) is 0 Å². The van der Waals surface area contributed by atoms with E-state index in [0.29, 0.717) is 5.92 Å². The van der Waals surface area contributed by atoms with E-state index >= 15 is 0 Å². The van der Waals surface area contributed by atoms with Crippen molar-refractivity contribution in [3.63, 3.8) is 0 Å². The number of rotatable bonds is 2. The Labute approximate surface area is 163 Å². The Morgan fingerprint density at radius 3 is 2.54 bits per heavy atom. The Morgan fingerprint density at radius 2 is 1.75 bits per heavy atom. The maximum Gasteiger partial charge on any atom is 0.270 e. The highest BCUT2D eigenvalue weighted by molar-refractivity contribution is 6.15. The van der Waals surface area contributed by atoms with Crippen LogP contribution in [-0.4, -0.2) is 4.92 Å². The molecule has 3 heteroatoms. The first kappa shape index (κ1) is 16.9. The molecule has 0 saturated heterocycles. The van der Waals surface area contributed by atoms with Gasteiger partial charge in [-0.3, -0.25) is 10.1 Å².